The molecule has 0 aliphatic heterocycles. The Bertz CT molecular complexity index is 1390. The number of aryl methyl sites for hydroxylation is 3. The molecule has 0 radical (unpaired) electrons. The zero-order chi connectivity index (χ0) is 27.3. The minimum Gasteiger partial charge on any atom is -0.482 e. The van der Waals surface area contributed by atoms with Gasteiger partial charge in [-0.25, -0.2) is 9.78 Å². The summed E-state index contributed by atoms with van der Waals surface area (Å²) in [5.74, 6) is -0.510. The molecule has 0 saturated carbocycles. The predicted molar refractivity (Wildman–Crippen MR) is 145 cm³/mol. The Hall–Kier alpha value is -3.30. The van der Waals surface area contributed by atoms with Gasteiger partial charge in [-0.3, -0.25) is 0 Å². The molecule has 0 fully saturated rings. The van der Waals surface area contributed by atoms with Crippen molar-refractivity contribution in [3.05, 3.63) is 100 Å². The van der Waals surface area contributed by atoms with E-state index >= 15 is 0 Å². The summed E-state index contributed by atoms with van der Waals surface area (Å²) in [6.45, 7) is 3.56. The number of nitrogens with zero attached hydrogens (tertiary/aromatic N) is 1. The van der Waals surface area contributed by atoms with Gasteiger partial charge in [-0.05, 0) is 68.1 Å². The molecule has 0 amide bonds. The first kappa shape index (κ1) is 27.7. The molecule has 3 aromatic carbocycles. The fourth-order valence-corrected chi connectivity index (χ4v) is 6.33. The number of aromatic nitrogens is 1. The van der Waals surface area contributed by atoms with Crippen LogP contribution in [0.3, 0.4) is 0 Å². The Morgan fingerprint density at radius 3 is 2.39 bits per heavy atom. The number of thiazole rings is 1. The van der Waals surface area contributed by atoms with E-state index in [0.717, 1.165) is 39.6 Å². The summed E-state index contributed by atoms with van der Waals surface area (Å²) in [5, 5.41) is 9.58. The lowest BCUT2D eigenvalue weighted by Gasteiger charge is -2.13. The van der Waals surface area contributed by atoms with Crippen molar-refractivity contribution < 1.29 is 27.8 Å². The number of carboxylic acid groups (broad SMARTS) is 1. The third-order valence-electron chi connectivity index (χ3n) is 5.86. The maximum absolute atomic E-state index is 13.0. The Balaban J connectivity index is 1.58. The zero-order valence-corrected chi connectivity index (χ0v) is 22.4. The summed E-state index contributed by atoms with van der Waals surface area (Å²) in [6.07, 6.45) is -2.87. The summed E-state index contributed by atoms with van der Waals surface area (Å²) in [6, 6.07) is 20.9. The van der Waals surface area contributed by atoms with Gasteiger partial charge in [0.05, 0.1) is 11.3 Å². The number of thioether (sulfide) groups is 1. The van der Waals surface area contributed by atoms with Gasteiger partial charge in [0.15, 0.2) is 6.61 Å². The van der Waals surface area contributed by atoms with Gasteiger partial charge in [0.25, 0.3) is 0 Å². The van der Waals surface area contributed by atoms with Gasteiger partial charge in [0.1, 0.15) is 10.8 Å². The summed E-state index contributed by atoms with van der Waals surface area (Å²) in [5.41, 5.74) is 2.94. The van der Waals surface area contributed by atoms with Gasteiger partial charge in [-0.2, -0.15) is 13.2 Å². The second-order valence-electron chi connectivity index (χ2n) is 8.76. The number of halogens is 3. The van der Waals surface area contributed by atoms with Crippen LogP contribution >= 0.6 is 23.1 Å². The Morgan fingerprint density at radius 1 is 1.05 bits per heavy atom. The Labute approximate surface area is 227 Å². The van der Waals surface area contributed by atoms with E-state index < -0.39 is 24.3 Å². The molecule has 0 bridgehead atoms. The van der Waals surface area contributed by atoms with Crippen LogP contribution in [0, 0.1) is 6.92 Å². The summed E-state index contributed by atoms with van der Waals surface area (Å²) >= 11 is 3.15. The first-order chi connectivity index (χ1) is 18.1. The molecule has 1 heterocycles. The first-order valence-corrected chi connectivity index (χ1v) is 13.6. The molecule has 38 heavy (non-hydrogen) atoms. The van der Waals surface area contributed by atoms with E-state index in [0.29, 0.717) is 22.7 Å². The molecule has 1 aromatic heterocycles. The normalized spacial score (nSPS) is 12.3. The molecule has 9 heteroatoms. The third-order valence-corrected chi connectivity index (χ3v) is 8.45. The highest BCUT2D eigenvalue weighted by atomic mass is 32.2. The average molecular weight is 558 g/mol. The molecule has 4 rings (SSSR count). The quantitative estimate of drug-likeness (QED) is 0.199. The van der Waals surface area contributed by atoms with Crippen LogP contribution in [-0.2, 0) is 23.8 Å². The predicted octanol–water partition coefficient (Wildman–Crippen LogP) is 8.24. The largest absolute Gasteiger partial charge is 0.482 e. The van der Waals surface area contributed by atoms with Crippen molar-refractivity contribution in [1.82, 2.24) is 4.98 Å². The third kappa shape index (κ3) is 7.17. The highest BCUT2D eigenvalue weighted by Crippen LogP contribution is 2.43. The monoisotopic (exact) mass is 557 g/mol. The van der Waals surface area contributed by atoms with Gasteiger partial charge in [0.2, 0.25) is 0 Å². The number of rotatable bonds is 10. The van der Waals surface area contributed by atoms with Crippen LogP contribution in [-0.4, -0.2) is 22.7 Å². The smallest absolute Gasteiger partial charge is 0.416 e. The molecule has 1 atom stereocenters. The maximum atomic E-state index is 13.0. The average Bonchev–Trinajstić information content (AvgIpc) is 3.31. The molecule has 0 aliphatic rings. The van der Waals surface area contributed by atoms with E-state index in [1.807, 2.05) is 37.3 Å². The first-order valence-electron chi connectivity index (χ1n) is 11.9. The number of carbonyl (C=O) groups is 1. The van der Waals surface area contributed by atoms with Crippen LogP contribution in [0.25, 0.3) is 10.6 Å². The number of ether oxygens (including phenoxy) is 1. The van der Waals surface area contributed by atoms with Crippen LogP contribution in [0.5, 0.6) is 5.75 Å². The van der Waals surface area contributed by atoms with Crippen LogP contribution in [0.15, 0.2) is 77.7 Å². The number of hydrogen-bond acceptors (Lipinski definition) is 5. The zero-order valence-electron chi connectivity index (χ0n) is 20.8. The van der Waals surface area contributed by atoms with E-state index in [1.165, 1.54) is 29.0 Å². The second-order valence-corrected chi connectivity index (χ2v) is 11.2. The molecule has 1 unspecified atom stereocenters. The van der Waals surface area contributed by atoms with Crippen molar-refractivity contribution in [2.24, 2.45) is 0 Å². The van der Waals surface area contributed by atoms with Crippen molar-refractivity contribution in [1.29, 1.82) is 0 Å². The van der Waals surface area contributed by atoms with Gasteiger partial charge < -0.3 is 9.84 Å². The number of hydrogen-bond donors (Lipinski definition) is 1. The van der Waals surface area contributed by atoms with Crippen molar-refractivity contribution in [2.45, 2.75) is 43.0 Å². The van der Waals surface area contributed by atoms with E-state index in [4.69, 9.17) is 14.8 Å². The standard InChI is InChI=1S/C29H26F3NO3S2/c1-18-16-23(13-15-25(18)36-17-26(34)35)37-19(2)27-24(14-8-20-6-4-3-5-7-20)33-28(38-27)21-9-11-22(12-10-21)29(30,31)32/h3-7,9-13,15-16,19H,8,14,17H2,1-2H3,(H,34,35). The summed E-state index contributed by atoms with van der Waals surface area (Å²) < 4.78 is 44.5. The summed E-state index contributed by atoms with van der Waals surface area (Å²) in [4.78, 5) is 17.8. The van der Waals surface area contributed by atoms with Crippen LogP contribution in [0.1, 0.15) is 39.4 Å². The number of carboxylic acids is 1. The molecular formula is C29H26F3NO3S2. The second kappa shape index (κ2) is 12.0. The molecule has 0 aliphatic carbocycles. The van der Waals surface area contributed by atoms with Gasteiger partial charge in [-0.1, -0.05) is 42.5 Å². The van der Waals surface area contributed by atoms with Crippen molar-refractivity contribution in [3.63, 3.8) is 0 Å². The van der Waals surface area contributed by atoms with Gasteiger partial charge >= 0.3 is 12.1 Å². The van der Waals surface area contributed by atoms with E-state index in [1.54, 1.807) is 17.8 Å². The van der Waals surface area contributed by atoms with Crippen molar-refractivity contribution in [3.8, 4) is 16.3 Å². The fourth-order valence-electron chi connectivity index (χ4n) is 3.95. The van der Waals surface area contributed by atoms with Gasteiger partial charge in [-0.15, -0.1) is 23.1 Å². The molecule has 0 spiro atoms. The highest BCUT2D eigenvalue weighted by Gasteiger charge is 2.30. The van der Waals surface area contributed by atoms with Crippen molar-refractivity contribution >= 4 is 29.1 Å². The molecule has 0 saturated heterocycles. The molecule has 4 aromatic rings. The maximum Gasteiger partial charge on any atom is 0.416 e. The molecule has 4 nitrogen and oxygen atoms in total. The number of aliphatic carboxylic acids is 1. The van der Waals surface area contributed by atoms with E-state index in [9.17, 15) is 18.0 Å². The van der Waals surface area contributed by atoms with Gasteiger partial charge in [0, 0.05) is 20.6 Å². The van der Waals surface area contributed by atoms with Crippen LogP contribution < -0.4 is 4.74 Å². The molecular weight excluding hydrogens is 531 g/mol. The highest BCUT2D eigenvalue weighted by molar-refractivity contribution is 7.99. The topological polar surface area (TPSA) is 59.4 Å². The van der Waals surface area contributed by atoms with E-state index in [-0.39, 0.29) is 5.25 Å². The lowest BCUT2D eigenvalue weighted by Crippen LogP contribution is -2.10. The Morgan fingerprint density at radius 2 is 1.76 bits per heavy atom. The van der Waals surface area contributed by atoms with Crippen LogP contribution in [0.2, 0.25) is 0 Å². The fraction of sp³-hybridized carbons (Fsp3) is 0.241. The van der Waals surface area contributed by atoms with Crippen LogP contribution in [0.4, 0.5) is 13.2 Å². The minimum atomic E-state index is -4.38. The molecule has 1 N–H and O–H groups in total. The SMILES string of the molecule is Cc1cc(SC(C)c2sc(-c3ccc(C(F)(F)F)cc3)nc2CCc2ccccc2)ccc1OCC(=O)O. The van der Waals surface area contributed by atoms with E-state index in [2.05, 4.69) is 19.1 Å². The summed E-state index contributed by atoms with van der Waals surface area (Å²) in [7, 11) is 0. The minimum absolute atomic E-state index is 0.0339. The van der Waals surface area contributed by atoms with Crippen molar-refractivity contribution in [2.75, 3.05) is 6.61 Å². The molecule has 198 valence electrons. The lowest BCUT2D eigenvalue weighted by atomic mass is 10.1. The number of benzene rings is 3. The lowest BCUT2D eigenvalue weighted by molar-refractivity contribution is -0.139. The Kier molecular flexibility index (Phi) is 8.79. The number of alkyl halides is 3.